The van der Waals surface area contributed by atoms with Crippen molar-refractivity contribution in [2.45, 2.75) is 44.7 Å². The topological polar surface area (TPSA) is 61.4 Å². The molecule has 1 aliphatic heterocycles. The van der Waals surface area contributed by atoms with E-state index in [1.807, 2.05) is 6.92 Å². The lowest BCUT2D eigenvalue weighted by Crippen LogP contribution is -2.53. The van der Waals surface area contributed by atoms with Crippen LogP contribution in [0.2, 0.25) is 0 Å². The monoisotopic (exact) mass is 253 g/mol. The molecule has 0 bridgehead atoms. The lowest BCUT2D eigenvalue weighted by atomic mass is 10.1. The number of nitrogens with zero attached hydrogens (tertiary/aromatic N) is 1. The van der Waals surface area contributed by atoms with Gasteiger partial charge in [-0.2, -0.15) is 0 Å². The van der Waals surface area contributed by atoms with E-state index in [4.69, 9.17) is 0 Å². The Balaban J connectivity index is 2.08. The van der Waals surface area contributed by atoms with Crippen molar-refractivity contribution in [3.8, 4) is 0 Å². The Kier molecular flexibility index (Phi) is 4.22. The number of amides is 2. The number of nitrogens with one attached hydrogen (secondary N) is 2. The molecule has 1 saturated heterocycles. The van der Waals surface area contributed by atoms with Gasteiger partial charge in [-0.25, -0.2) is 0 Å². The molecular formula is C13H23N3O2. The molecule has 1 saturated carbocycles. The summed E-state index contributed by atoms with van der Waals surface area (Å²) < 4.78 is 0. The highest BCUT2D eigenvalue weighted by Gasteiger charge is 2.45. The molecule has 102 valence electrons. The van der Waals surface area contributed by atoms with Gasteiger partial charge >= 0.3 is 0 Å². The van der Waals surface area contributed by atoms with Crippen molar-refractivity contribution >= 4 is 11.8 Å². The van der Waals surface area contributed by atoms with E-state index in [0.717, 1.165) is 32.2 Å². The van der Waals surface area contributed by atoms with E-state index in [-0.39, 0.29) is 23.9 Å². The molecule has 2 atom stereocenters. The fourth-order valence-electron chi connectivity index (χ4n) is 2.89. The van der Waals surface area contributed by atoms with Gasteiger partial charge in [0, 0.05) is 13.6 Å². The minimum Gasteiger partial charge on any atom is -0.358 e. The molecule has 2 aliphatic rings. The maximum atomic E-state index is 12.0. The molecule has 1 aliphatic carbocycles. The van der Waals surface area contributed by atoms with Crippen LogP contribution < -0.4 is 10.6 Å². The molecule has 5 heteroatoms. The summed E-state index contributed by atoms with van der Waals surface area (Å²) in [4.78, 5) is 26.2. The normalized spacial score (nSPS) is 25.8. The van der Waals surface area contributed by atoms with Gasteiger partial charge in [0.15, 0.2) is 0 Å². The fraction of sp³-hybridized carbons (Fsp3) is 0.846. The second kappa shape index (κ2) is 5.69. The standard InChI is InChI=1S/C13H23N3O2/c1-3-15-12(17)10-5-4-8-16(10)11(9-6-7-9)13(18)14-2/h9-11H,3-8H2,1-2H3,(H,14,18)(H,15,17)/t10-,11+/m0/s1. The van der Waals surface area contributed by atoms with Gasteiger partial charge in [0.25, 0.3) is 0 Å². The van der Waals surface area contributed by atoms with Crippen LogP contribution >= 0.6 is 0 Å². The summed E-state index contributed by atoms with van der Waals surface area (Å²) in [6, 6.07) is -0.224. The van der Waals surface area contributed by atoms with Gasteiger partial charge in [-0.05, 0) is 45.1 Å². The van der Waals surface area contributed by atoms with E-state index in [1.165, 1.54) is 0 Å². The quantitative estimate of drug-likeness (QED) is 0.731. The van der Waals surface area contributed by atoms with Crippen LogP contribution in [0.4, 0.5) is 0 Å². The second-order valence-corrected chi connectivity index (χ2v) is 5.19. The molecule has 0 aromatic carbocycles. The third kappa shape index (κ3) is 2.66. The van der Waals surface area contributed by atoms with Crippen LogP contribution in [0.15, 0.2) is 0 Å². The van der Waals surface area contributed by atoms with E-state index >= 15 is 0 Å². The zero-order valence-corrected chi connectivity index (χ0v) is 11.2. The summed E-state index contributed by atoms with van der Waals surface area (Å²) in [6.45, 7) is 3.43. The molecular weight excluding hydrogens is 230 g/mol. The predicted octanol–water partition coefficient (Wildman–Crippen LogP) is 0.112. The molecule has 5 nitrogen and oxygen atoms in total. The van der Waals surface area contributed by atoms with E-state index in [1.54, 1.807) is 7.05 Å². The van der Waals surface area contributed by atoms with Gasteiger partial charge in [0.05, 0.1) is 12.1 Å². The number of likely N-dealkylation sites (N-methyl/N-ethyl adjacent to an activating group) is 2. The van der Waals surface area contributed by atoms with Crippen LogP contribution in [0.25, 0.3) is 0 Å². The number of rotatable bonds is 5. The Hall–Kier alpha value is -1.10. The summed E-state index contributed by atoms with van der Waals surface area (Å²) in [5.41, 5.74) is 0. The first-order valence-electron chi connectivity index (χ1n) is 6.94. The van der Waals surface area contributed by atoms with Crippen molar-refractivity contribution in [1.29, 1.82) is 0 Å². The highest BCUT2D eigenvalue weighted by atomic mass is 16.2. The summed E-state index contributed by atoms with van der Waals surface area (Å²) in [6.07, 6.45) is 4.08. The van der Waals surface area contributed by atoms with E-state index in [9.17, 15) is 9.59 Å². The highest BCUT2D eigenvalue weighted by Crippen LogP contribution is 2.38. The number of hydrogen-bond acceptors (Lipinski definition) is 3. The molecule has 0 aromatic heterocycles. The van der Waals surface area contributed by atoms with E-state index in [2.05, 4.69) is 15.5 Å². The molecule has 2 N–H and O–H groups in total. The zero-order chi connectivity index (χ0) is 13.1. The SMILES string of the molecule is CCNC(=O)[C@@H]1CCCN1[C@@H](C(=O)NC)C1CC1. The van der Waals surface area contributed by atoms with Gasteiger partial charge < -0.3 is 10.6 Å². The molecule has 0 spiro atoms. The Bertz CT molecular complexity index is 328. The van der Waals surface area contributed by atoms with Gasteiger partial charge in [0.1, 0.15) is 0 Å². The Morgan fingerprint density at radius 3 is 2.61 bits per heavy atom. The molecule has 2 fully saturated rings. The largest absolute Gasteiger partial charge is 0.358 e. The summed E-state index contributed by atoms with van der Waals surface area (Å²) >= 11 is 0. The van der Waals surface area contributed by atoms with Crippen molar-refractivity contribution in [1.82, 2.24) is 15.5 Å². The van der Waals surface area contributed by atoms with Crippen LogP contribution in [0.1, 0.15) is 32.6 Å². The van der Waals surface area contributed by atoms with Crippen LogP contribution in [0.5, 0.6) is 0 Å². The van der Waals surface area contributed by atoms with Crippen molar-refractivity contribution in [2.24, 2.45) is 5.92 Å². The average Bonchev–Trinajstić information content (AvgIpc) is 3.06. The number of likely N-dealkylation sites (tertiary alicyclic amines) is 1. The summed E-state index contributed by atoms with van der Waals surface area (Å²) in [7, 11) is 1.68. The van der Waals surface area contributed by atoms with Crippen molar-refractivity contribution in [3.05, 3.63) is 0 Å². The molecule has 1 heterocycles. The van der Waals surface area contributed by atoms with Crippen molar-refractivity contribution in [3.63, 3.8) is 0 Å². The van der Waals surface area contributed by atoms with Gasteiger partial charge in [-0.3, -0.25) is 14.5 Å². The van der Waals surface area contributed by atoms with Gasteiger partial charge in [0.2, 0.25) is 11.8 Å². The zero-order valence-electron chi connectivity index (χ0n) is 11.2. The van der Waals surface area contributed by atoms with Crippen LogP contribution in [0, 0.1) is 5.92 Å². The van der Waals surface area contributed by atoms with Crippen LogP contribution in [-0.2, 0) is 9.59 Å². The van der Waals surface area contributed by atoms with E-state index in [0.29, 0.717) is 12.5 Å². The maximum absolute atomic E-state index is 12.0. The third-order valence-electron chi connectivity index (χ3n) is 3.89. The first-order chi connectivity index (χ1) is 8.69. The van der Waals surface area contributed by atoms with Crippen LogP contribution in [-0.4, -0.2) is 48.9 Å². The average molecular weight is 253 g/mol. The summed E-state index contributed by atoms with van der Waals surface area (Å²) in [5, 5.41) is 5.62. The third-order valence-corrected chi connectivity index (χ3v) is 3.89. The predicted molar refractivity (Wildman–Crippen MR) is 69.0 cm³/mol. The molecule has 0 radical (unpaired) electrons. The number of carbonyl (C=O) groups is 2. The molecule has 18 heavy (non-hydrogen) atoms. The maximum Gasteiger partial charge on any atom is 0.237 e. The van der Waals surface area contributed by atoms with Gasteiger partial charge in [-0.15, -0.1) is 0 Å². The van der Waals surface area contributed by atoms with Crippen molar-refractivity contribution in [2.75, 3.05) is 20.1 Å². The first kappa shape index (κ1) is 13.3. The Morgan fingerprint density at radius 2 is 2.06 bits per heavy atom. The van der Waals surface area contributed by atoms with Crippen molar-refractivity contribution < 1.29 is 9.59 Å². The van der Waals surface area contributed by atoms with Gasteiger partial charge in [-0.1, -0.05) is 0 Å². The van der Waals surface area contributed by atoms with Crippen LogP contribution in [0.3, 0.4) is 0 Å². The molecule has 0 aromatic rings. The lowest BCUT2D eigenvalue weighted by molar-refractivity contribution is -0.131. The lowest BCUT2D eigenvalue weighted by Gasteiger charge is -2.31. The second-order valence-electron chi connectivity index (χ2n) is 5.19. The highest BCUT2D eigenvalue weighted by molar-refractivity contribution is 5.86. The number of hydrogen-bond donors (Lipinski definition) is 2. The number of carbonyl (C=O) groups excluding carboxylic acids is 2. The summed E-state index contributed by atoms with van der Waals surface area (Å²) in [5.74, 6) is 0.582. The molecule has 2 amide bonds. The smallest absolute Gasteiger partial charge is 0.237 e. The Morgan fingerprint density at radius 1 is 1.33 bits per heavy atom. The first-order valence-corrected chi connectivity index (χ1v) is 6.94. The molecule has 0 unspecified atom stereocenters. The Labute approximate surface area is 108 Å². The van der Waals surface area contributed by atoms with E-state index < -0.39 is 0 Å². The minimum absolute atomic E-state index is 0.0636. The minimum atomic E-state index is -0.118. The molecule has 2 rings (SSSR count). The fourth-order valence-corrected chi connectivity index (χ4v) is 2.89.